The molecule has 1 aliphatic heterocycles. The Labute approximate surface area is 244 Å². The molecule has 0 bridgehead atoms. The van der Waals surface area contributed by atoms with Crippen molar-refractivity contribution in [2.45, 2.75) is 39.2 Å². The molecule has 0 fully saturated rings. The topological polar surface area (TPSA) is 113 Å². The average molecular weight is 563 g/mol. The van der Waals surface area contributed by atoms with Crippen LogP contribution in [0.3, 0.4) is 0 Å². The quantitative estimate of drug-likeness (QED) is 0.221. The Balaban J connectivity index is 1.16. The number of fused-ring (bicyclic) bond motifs is 1. The van der Waals surface area contributed by atoms with E-state index in [0.29, 0.717) is 23.0 Å². The van der Waals surface area contributed by atoms with Crippen molar-refractivity contribution in [1.29, 1.82) is 0 Å². The van der Waals surface area contributed by atoms with Crippen LogP contribution in [0.4, 0.5) is 16.3 Å². The van der Waals surface area contributed by atoms with Crippen molar-refractivity contribution in [3.8, 4) is 28.4 Å². The molecule has 1 aliphatic rings. The van der Waals surface area contributed by atoms with Gasteiger partial charge in [-0.05, 0) is 67.1 Å². The van der Waals surface area contributed by atoms with Gasteiger partial charge in [-0.3, -0.25) is 15.4 Å². The van der Waals surface area contributed by atoms with Gasteiger partial charge < -0.3 is 15.0 Å². The van der Waals surface area contributed by atoms with Crippen molar-refractivity contribution in [2.24, 2.45) is 0 Å². The van der Waals surface area contributed by atoms with Gasteiger partial charge in [0, 0.05) is 54.3 Å². The third kappa shape index (κ3) is 6.03. The lowest BCUT2D eigenvalue weighted by molar-refractivity contribution is 0.262. The number of nitrogens with one attached hydrogen (secondary N) is 3. The minimum Gasteiger partial charge on any atom is -0.457 e. The zero-order valence-electron chi connectivity index (χ0n) is 24.2. The minimum atomic E-state index is -0.358. The number of ether oxygens (including phenoxy) is 1. The van der Waals surface area contributed by atoms with Gasteiger partial charge >= 0.3 is 6.03 Å². The van der Waals surface area contributed by atoms with Crippen LogP contribution in [0.1, 0.15) is 37.6 Å². The fourth-order valence-corrected chi connectivity index (χ4v) is 4.89. The smallest absolute Gasteiger partial charge is 0.324 e. The van der Waals surface area contributed by atoms with Gasteiger partial charge in [0.2, 0.25) is 0 Å². The molecule has 42 heavy (non-hydrogen) atoms. The summed E-state index contributed by atoms with van der Waals surface area (Å²) in [4.78, 5) is 19.8. The number of carbonyl (C=O) groups excluding carboxylic acids is 1. The molecule has 10 nitrogen and oxygen atoms in total. The second-order valence-electron chi connectivity index (χ2n) is 11.6. The summed E-state index contributed by atoms with van der Waals surface area (Å²) in [7, 11) is 2.14. The molecule has 0 saturated heterocycles. The monoisotopic (exact) mass is 562 g/mol. The van der Waals surface area contributed by atoms with E-state index in [2.05, 4.69) is 76.7 Å². The zero-order chi connectivity index (χ0) is 29.3. The molecular formula is C32H34N8O2. The number of aromatic nitrogens is 5. The number of anilines is 2. The number of rotatable bonds is 6. The number of carbonyl (C=O) groups is 1. The molecule has 6 rings (SSSR count). The van der Waals surface area contributed by atoms with Crippen molar-refractivity contribution < 1.29 is 9.53 Å². The van der Waals surface area contributed by atoms with E-state index in [1.807, 2.05) is 16.8 Å². The van der Waals surface area contributed by atoms with Gasteiger partial charge in [-0.25, -0.2) is 9.48 Å². The van der Waals surface area contributed by atoms with Gasteiger partial charge in [0.25, 0.3) is 0 Å². The first-order valence-electron chi connectivity index (χ1n) is 13.9. The van der Waals surface area contributed by atoms with Crippen LogP contribution in [0.25, 0.3) is 16.9 Å². The molecule has 0 spiro atoms. The Morgan fingerprint density at radius 1 is 0.976 bits per heavy atom. The van der Waals surface area contributed by atoms with E-state index in [0.717, 1.165) is 42.1 Å². The lowest BCUT2D eigenvalue weighted by atomic mass is 9.92. The summed E-state index contributed by atoms with van der Waals surface area (Å²) in [5, 5.41) is 17.6. The number of amides is 2. The first kappa shape index (κ1) is 27.2. The summed E-state index contributed by atoms with van der Waals surface area (Å²) in [6.45, 7) is 8.30. The van der Waals surface area contributed by atoms with Crippen molar-refractivity contribution >= 4 is 17.5 Å². The van der Waals surface area contributed by atoms with Crippen LogP contribution in [0.2, 0.25) is 0 Å². The van der Waals surface area contributed by atoms with Crippen LogP contribution in [0.15, 0.2) is 79.3 Å². The Morgan fingerprint density at radius 2 is 1.81 bits per heavy atom. The second-order valence-corrected chi connectivity index (χ2v) is 11.6. The highest BCUT2D eigenvalue weighted by molar-refractivity contribution is 5.99. The van der Waals surface area contributed by atoms with E-state index in [1.165, 1.54) is 11.1 Å². The SMILES string of the molecule is CN1CCc2cc(-n3nc(C(C)(C)C)cc3NC(=O)Nc3ccc(Oc4ccnc(-c5cn[nH]c5)c4)cc3)ccc2C1. The molecular weight excluding hydrogens is 528 g/mol. The molecule has 2 aromatic carbocycles. The number of H-pyrrole nitrogens is 1. The fourth-order valence-electron chi connectivity index (χ4n) is 4.89. The highest BCUT2D eigenvalue weighted by atomic mass is 16.5. The highest BCUT2D eigenvalue weighted by Crippen LogP contribution is 2.29. The molecule has 5 aromatic rings. The minimum absolute atomic E-state index is 0.182. The van der Waals surface area contributed by atoms with E-state index in [-0.39, 0.29) is 11.4 Å². The Kier molecular flexibility index (Phi) is 7.22. The molecule has 214 valence electrons. The molecule has 10 heteroatoms. The molecule has 0 atom stereocenters. The summed E-state index contributed by atoms with van der Waals surface area (Å²) < 4.78 is 7.83. The summed E-state index contributed by atoms with van der Waals surface area (Å²) in [5.74, 6) is 1.89. The van der Waals surface area contributed by atoms with Gasteiger partial charge in [-0.15, -0.1) is 0 Å². The van der Waals surface area contributed by atoms with Crippen LogP contribution >= 0.6 is 0 Å². The average Bonchev–Trinajstić information content (AvgIpc) is 3.65. The predicted molar refractivity (Wildman–Crippen MR) is 163 cm³/mol. The third-order valence-corrected chi connectivity index (χ3v) is 7.23. The van der Waals surface area contributed by atoms with Crippen LogP contribution in [0, 0.1) is 0 Å². The summed E-state index contributed by atoms with van der Waals surface area (Å²) in [6, 6.07) is 18.8. The van der Waals surface area contributed by atoms with Crippen molar-refractivity contribution in [2.75, 3.05) is 24.2 Å². The van der Waals surface area contributed by atoms with Gasteiger partial charge in [0.1, 0.15) is 17.3 Å². The normalized spacial score (nSPS) is 13.4. The lowest BCUT2D eigenvalue weighted by Gasteiger charge is -2.25. The standard InChI is InChI=1S/C32H34N8O2/c1-32(2,3)29-17-30(40(38-29)25-8-5-22-20-39(4)14-12-21(22)15-25)37-31(41)36-24-6-9-26(10-7-24)42-27-11-13-33-28(16-27)23-18-34-35-19-23/h5-11,13,15-19H,12,14,20H2,1-4H3,(H,34,35)(H2,36,37,41). The van der Waals surface area contributed by atoms with Crippen LogP contribution in [-0.4, -0.2) is 49.5 Å². The van der Waals surface area contributed by atoms with Crippen molar-refractivity contribution in [3.63, 3.8) is 0 Å². The zero-order valence-corrected chi connectivity index (χ0v) is 24.2. The van der Waals surface area contributed by atoms with Gasteiger partial charge in [0.05, 0.1) is 23.3 Å². The highest BCUT2D eigenvalue weighted by Gasteiger charge is 2.22. The van der Waals surface area contributed by atoms with Crippen LogP contribution < -0.4 is 15.4 Å². The number of nitrogens with zero attached hydrogens (tertiary/aromatic N) is 5. The molecule has 0 radical (unpaired) electrons. The summed E-state index contributed by atoms with van der Waals surface area (Å²) >= 11 is 0. The van der Waals surface area contributed by atoms with Crippen LogP contribution in [0.5, 0.6) is 11.5 Å². The second kappa shape index (κ2) is 11.1. The molecule has 0 saturated carbocycles. The number of pyridine rings is 1. The third-order valence-electron chi connectivity index (χ3n) is 7.23. The fraction of sp³-hybridized carbons (Fsp3) is 0.250. The molecule has 3 N–H and O–H groups in total. The van der Waals surface area contributed by atoms with Gasteiger partial charge in [-0.1, -0.05) is 26.8 Å². The number of benzene rings is 2. The summed E-state index contributed by atoms with van der Waals surface area (Å²) in [5.41, 5.74) is 6.56. The van der Waals surface area contributed by atoms with Gasteiger partial charge in [-0.2, -0.15) is 10.2 Å². The number of urea groups is 1. The maximum Gasteiger partial charge on any atom is 0.324 e. The number of likely N-dealkylation sites (N-methyl/N-ethyl adjacent to an activating group) is 1. The Bertz CT molecular complexity index is 1700. The molecule has 4 heterocycles. The number of hydrogen-bond acceptors (Lipinski definition) is 6. The summed E-state index contributed by atoms with van der Waals surface area (Å²) in [6.07, 6.45) is 6.17. The molecule has 2 amide bonds. The first-order valence-corrected chi connectivity index (χ1v) is 13.9. The lowest BCUT2D eigenvalue weighted by Crippen LogP contribution is -2.26. The maximum absolute atomic E-state index is 13.1. The van der Waals surface area contributed by atoms with Crippen molar-refractivity contribution in [1.82, 2.24) is 29.9 Å². The number of hydrogen-bond donors (Lipinski definition) is 3. The number of aromatic amines is 1. The van der Waals surface area contributed by atoms with Gasteiger partial charge in [0.15, 0.2) is 0 Å². The Hall–Kier alpha value is -4.96. The van der Waals surface area contributed by atoms with E-state index < -0.39 is 0 Å². The van der Waals surface area contributed by atoms with E-state index in [4.69, 9.17) is 9.84 Å². The largest absolute Gasteiger partial charge is 0.457 e. The molecule has 0 unspecified atom stereocenters. The molecule has 3 aromatic heterocycles. The molecule has 0 aliphatic carbocycles. The van der Waals surface area contributed by atoms with E-state index in [9.17, 15) is 4.79 Å². The predicted octanol–water partition coefficient (Wildman–Crippen LogP) is 6.38. The Morgan fingerprint density at radius 3 is 2.57 bits per heavy atom. The first-order chi connectivity index (χ1) is 20.2. The van der Waals surface area contributed by atoms with Crippen molar-refractivity contribution in [3.05, 3.63) is 96.1 Å². The van der Waals surface area contributed by atoms with E-state index in [1.54, 1.807) is 48.9 Å². The van der Waals surface area contributed by atoms with Crippen LogP contribution in [-0.2, 0) is 18.4 Å². The maximum atomic E-state index is 13.1. The van der Waals surface area contributed by atoms with E-state index >= 15 is 0 Å².